The minimum absolute atomic E-state index is 0.0721. The second-order valence-corrected chi connectivity index (χ2v) is 2.41. The third-order valence-electron chi connectivity index (χ3n) is 1.30. The molecule has 1 rings (SSSR count). The quantitative estimate of drug-likeness (QED) is 0.683. The van der Waals surface area contributed by atoms with Gasteiger partial charge in [0, 0.05) is 6.42 Å². The molecule has 0 aliphatic carbocycles. The molecule has 0 aromatic carbocycles. The summed E-state index contributed by atoms with van der Waals surface area (Å²) >= 11 is 0. The van der Waals surface area contributed by atoms with Crippen molar-refractivity contribution in [1.82, 2.24) is 15.2 Å². The van der Waals surface area contributed by atoms with Gasteiger partial charge < -0.3 is 5.11 Å². The number of anilines is 1. The molecule has 1 heterocycles. The predicted octanol–water partition coefficient (Wildman–Crippen LogP) is -0.325. The van der Waals surface area contributed by atoms with E-state index in [0.717, 1.165) is 0 Å². The molecule has 2 N–H and O–H groups in total. The van der Waals surface area contributed by atoms with Gasteiger partial charge in [-0.05, 0) is 0 Å². The van der Waals surface area contributed by atoms with Crippen molar-refractivity contribution in [3.63, 3.8) is 0 Å². The number of carboxylic acid groups (broad SMARTS) is 1. The van der Waals surface area contributed by atoms with Crippen LogP contribution in [0, 0.1) is 0 Å². The van der Waals surface area contributed by atoms with Crippen LogP contribution >= 0.6 is 0 Å². The van der Waals surface area contributed by atoms with Crippen molar-refractivity contribution >= 4 is 17.8 Å². The van der Waals surface area contributed by atoms with E-state index < -0.39 is 11.9 Å². The molecule has 14 heavy (non-hydrogen) atoms. The zero-order valence-corrected chi connectivity index (χ0v) is 7.17. The molecule has 7 heteroatoms. The van der Waals surface area contributed by atoms with Crippen molar-refractivity contribution < 1.29 is 14.7 Å². The molecule has 0 spiro atoms. The number of nitrogens with zero attached hydrogens (tertiary/aromatic N) is 3. The van der Waals surface area contributed by atoms with E-state index in [1.165, 1.54) is 12.4 Å². The summed E-state index contributed by atoms with van der Waals surface area (Å²) in [6.45, 7) is 0. The fourth-order valence-corrected chi connectivity index (χ4v) is 0.713. The Morgan fingerprint density at radius 1 is 1.36 bits per heavy atom. The Hall–Kier alpha value is -2.05. The van der Waals surface area contributed by atoms with Crippen molar-refractivity contribution in [1.29, 1.82) is 0 Å². The van der Waals surface area contributed by atoms with Crippen LogP contribution in [-0.2, 0) is 9.59 Å². The molecule has 1 amide bonds. The van der Waals surface area contributed by atoms with E-state index in [-0.39, 0.29) is 18.8 Å². The Morgan fingerprint density at radius 3 is 2.71 bits per heavy atom. The van der Waals surface area contributed by atoms with E-state index in [1.807, 2.05) is 0 Å². The first-order chi connectivity index (χ1) is 6.68. The highest BCUT2D eigenvalue weighted by atomic mass is 16.4. The third-order valence-corrected chi connectivity index (χ3v) is 1.30. The average Bonchev–Trinajstić information content (AvgIpc) is 2.16. The Kier molecular flexibility index (Phi) is 3.48. The molecule has 0 saturated heterocycles. The molecule has 0 unspecified atom stereocenters. The van der Waals surface area contributed by atoms with Gasteiger partial charge in [0.25, 0.3) is 0 Å². The van der Waals surface area contributed by atoms with Crippen LogP contribution in [0.4, 0.5) is 5.95 Å². The molecule has 1 aromatic rings. The van der Waals surface area contributed by atoms with Gasteiger partial charge in [-0.15, -0.1) is 5.10 Å². The number of rotatable bonds is 4. The molecule has 74 valence electrons. The minimum atomic E-state index is -1.02. The van der Waals surface area contributed by atoms with Crippen LogP contribution in [0.15, 0.2) is 12.4 Å². The van der Waals surface area contributed by atoms with Crippen LogP contribution in [0.1, 0.15) is 12.8 Å². The number of aromatic nitrogens is 3. The lowest BCUT2D eigenvalue weighted by Crippen LogP contribution is -2.15. The first kappa shape index (κ1) is 10.0. The lowest BCUT2D eigenvalue weighted by Gasteiger charge is -1.99. The Morgan fingerprint density at radius 2 is 2.14 bits per heavy atom. The monoisotopic (exact) mass is 196 g/mol. The van der Waals surface area contributed by atoms with E-state index in [4.69, 9.17) is 5.11 Å². The van der Waals surface area contributed by atoms with E-state index >= 15 is 0 Å². The summed E-state index contributed by atoms with van der Waals surface area (Å²) in [5.41, 5.74) is 0. The Bertz CT molecular complexity index is 327. The SMILES string of the molecule is O=C(O)CCC(=O)Nc1nccnn1. The summed E-state index contributed by atoms with van der Waals surface area (Å²) in [6, 6.07) is 0. The molecule has 1 aromatic heterocycles. The molecular formula is C7H8N4O3. The van der Waals surface area contributed by atoms with Crippen LogP contribution in [0.2, 0.25) is 0 Å². The van der Waals surface area contributed by atoms with Crippen molar-refractivity contribution in [2.75, 3.05) is 5.32 Å². The maximum atomic E-state index is 11.0. The summed E-state index contributed by atoms with van der Waals surface area (Å²) < 4.78 is 0. The second kappa shape index (κ2) is 4.85. The molecule has 0 saturated carbocycles. The number of hydrogen-bond acceptors (Lipinski definition) is 5. The Balaban J connectivity index is 2.38. The number of hydrogen-bond donors (Lipinski definition) is 2. The number of nitrogens with one attached hydrogen (secondary N) is 1. The zero-order valence-electron chi connectivity index (χ0n) is 7.17. The largest absolute Gasteiger partial charge is 0.481 e. The van der Waals surface area contributed by atoms with Crippen LogP contribution in [0.5, 0.6) is 0 Å². The van der Waals surface area contributed by atoms with Crippen LogP contribution in [0.25, 0.3) is 0 Å². The standard InChI is InChI=1S/C7H8N4O3/c12-5(1-2-6(13)14)10-7-8-3-4-9-11-7/h3-4H,1-2H2,(H,13,14)(H,8,10,11,12). The lowest BCUT2D eigenvalue weighted by atomic mass is 10.3. The highest BCUT2D eigenvalue weighted by Crippen LogP contribution is 1.96. The number of carboxylic acids is 1. The summed E-state index contributed by atoms with van der Waals surface area (Å²) in [5, 5.41) is 17.6. The molecule has 0 atom stereocenters. The van der Waals surface area contributed by atoms with Gasteiger partial charge in [-0.1, -0.05) is 0 Å². The van der Waals surface area contributed by atoms with Crippen molar-refractivity contribution in [3.05, 3.63) is 12.4 Å². The third kappa shape index (κ3) is 3.57. The predicted molar refractivity (Wildman–Crippen MR) is 45.3 cm³/mol. The van der Waals surface area contributed by atoms with Crippen molar-refractivity contribution in [3.8, 4) is 0 Å². The zero-order chi connectivity index (χ0) is 10.4. The van der Waals surface area contributed by atoms with Gasteiger partial charge >= 0.3 is 5.97 Å². The van der Waals surface area contributed by atoms with Gasteiger partial charge in [0.15, 0.2) is 0 Å². The molecular weight excluding hydrogens is 188 g/mol. The van der Waals surface area contributed by atoms with Crippen molar-refractivity contribution in [2.45, 2.75) is 12.8 Å². The van der Waals surface area contributed by atoms with E-state index in [9.17, 15) is 9.59 Å². The summed E-state index contributed by atoms with van der Waals surface area (Å²) in [6.07, 6.45) is 2.42. The molecule has 0 radical (unpaired) electrons. The molecule has 0 aliphatic heterocycles. The van der Waals surface area contributed by atoms with Crippen LogP contribution < -0.4 is 5.32 Å². The van der Waals surface area contributed by atoms with Gasteiger partial charge in [0.2, 0.25) is 11.9 Å². The fraction of sp³-hybridized carbons (Fsp3) is 0.286. The van der Waals surface area contributed by atoms with Gasteiger partial charge in [-0.25, -0.2) is 4.98 Å². The van der Waals surface area contributed by atoms with E-state index in [0.29, 0.717) is 0 Å². The number of carbonyl (C=O) groups excluding carboxylic acids is 1. The van der Waals surface area contributed by atoms with Gasteiger partial charge in [-0.2, -0.15) is 5.10 Å². The van der Waals surface area contributed by atoms with Gasteiger partial charge in [0.05, 0.1) is 18.8 Å². The maximum absolute atomic E-state index is 11.0. The van der Waals surface area contributed by atoms with Crippen molar-refractivity contribution in [2.24, 2.45) is 0 Å². The second-order valence-electron chi connectivity index (χ2n) is 2.41. The number of aliphatic carboxylic acids is 1. The Labute approximate surface area is 79.2 Å². The topological polar surface area (TPSA) is 105 Å². The van der Waals surface area contributed by atoms with Crippen LogP contribution in [0.3, 0.4) is 0 Å². The van der Waals surface area contributed by atoms with E-state index in [1.54, 1.807) is 0 Å². The molecule has 0 aliphatic rings. The average molecular weight is 196 g/mol. The van der Waals surface area contributed by atoms with Gasteiger partial charge in [0.1, 0.15) is 0 Å². The molecule has 7 nitrogen and oxygen atoms in total. The fourth-order valence-electron chi connectivity index (χ4n) is 0.713. The van der Waals surface area contributed by atoms with Crippen LogP contribution in [-0.4, -0.2) is 32.2 Å². The summed E-state index contributed by atoms with van der Waals surface area (Å²) in [5.74, 6) is -1.39. The summed E-state index contributed by atoms with van der Waals surface area (Å²) in [4.78, 5) is 24.9. The normalized spacial score (nSPS) is 9.43. The first-order valence-corrected chi connectivity index (χ1v) is 3.84. The smallest absolute Gasteiger partial charge is 0.303 e. The first-order valence-electron chi connectivity index (χ1n) is 3.84. The highest BCUT2D eigenvalue weighted by molar-refractivity contribution is 5.90. The molecule has 0 fully saturated rings. The minimum Gasteiger partial charge on any atom is -0.481 e. The maximum Gasteiger partial charge on any atom is 0.303 e. The lowest BCUT2D eigenvalue weighted by molar-refractivity contribution is -0.138. The van der Waals surface area contributed by atoms with E-state index in [2.05, 4.69) is 20.5 Å². The number of carbonyl (C=O) groups is 2. The molecule has 0 bridgehead atoms. The highest BCUT2D eigenvalue weighted by Gasteiger charge is 2.06. The van der Waals surface area contributed by atoms with Gasteiger partial charge in [-0.3, -0.25) is 14.9 Å². The number of amides is 1. The summed E-state index contributed by atoms with van der Waals surface area (Å²) in [7, 11) is 0.